The van der Waals surface area contributed by atoms with Crippen molar-refractivity contribution in [1.82, 2.24) is 0 Å². The second-order valence-electron chi connectivity index (χ2n) is 5.93. The second-order valence-corrected chi connectivity index (χ2v) is 6.36. The van der Waals surface area contributed by atoms with Gasteiger partial charge in [0.1, 0.15) is 17.4 Å². The number of benzene rings is 1. The van der Waals surface area contributed by atoms with E-state index in [9.17, 15) is 14.0 Å². The van der Waals surface area contributed by atoms with Crippen molar-refractivity contribution in [3.05, 3.63) is 34.6 Å². The summed E-state index contributed by atoms with van der Waals surface area (Å²) in [5.74, 6) is -0.0479. The lowest BCUT2D eigenvalue weighted by atomic mass is 9.88. The van der Waals surface area contributed by atoms with E-state index in [0.29, 0.717) is 29.3 Å². The summed E-state index contributed by atoms with van der Waals surface area (Å²) >= 11 is 5.68. The molecule has 0 N–H and O–H groups in total. The molecule has 2 nitrogen and oxygen atoms in total. The largest absolute Gasteiger partial charge is 0.300 e. The van der Waals surface area contributed by atoms with Crippen LogP contribution >= 0.6 is 11.6 Å². The summed E-state index contributed by atoms with van der Waals surface area (Å²) in [6.45, 7) is 5.68. The molecule has 1 atom stereocenters. The average molecular weight is 313 g/mol. The number of rotatable bonds is 8. The van der Waals surface area contributed by atoms with Crippen LogP contribution in [-0.4, -0.2) is 11.6 Å². The number of hydrogen-bond acceptors (Lipinski definition) is 2. The molecular weight excluding hydrogens is 291 g/mol. The van der Waals surface area contributed by atoms with Gasteiger partial charge in [0.2, 0.25) is 0 Å². The Bertz CT molecular complexity index is 512. The highest BCUT2D eigenvalue weighted by Crippen LogP contribution is 2.20. The van der Waals surface area contributed by atoms with Crippen LogP contribution in [0.2, 0.25) is 5.02 Å². The van der Waals surface area contributed by atoms with Crippen molar-refractivity contribution in [2.45, 2.75) is 46.5 Å². The monoisotopic (exact) mass is 312 g/mol. The lowest BCUT2D eigenvalue weighted by Gasteiger charge is -2.15. The van der Waals surface area contributed by atoms with E-state index in [-0.39, 0.29) is 23.9 Å². The van der Waals surface area contributed by atoms with Gasteiger partial charge in [0.15, 0.2) is 0 Å². The van der Waals surface area contributed by atoms with E-state index in [1.54, 1.807) is 13.0 Å². The molecule has 1 aromatic carbocycles. The summed E-state index contributed by atoms with van der Waals surface area (Å²) in [7, 11) is 0. The molecule has 0 saturated heterocycles. The fourth-order valence-corrected chi connectivity index (χ4v) is 2.52. The number of carbonyl (C=O) groups is 2. The van der Waals surface area contributed by atoms with Crippen LogP contribution in [0.1, 0.15) is 45.6 Å². The minimum absolute atomic E-state index is 0.0498. The predicted molar refractivity (Wildman–Crippen MR) is 83.0 cm³/mol. The van der Waals surface area contributed by atoms with E-state index in [1.165, 1.54) is 12.1 Å². The molecule has 0 heterocycles. The van der Waals surface area contributed by atoms with E-state index >= 15 is 0 Å². The van der Waals surface area contributed by atoms with Crippen LogP contribution in [0.5, 0.6) is 0 Å². The zero-order chi connectivity index (χ0) is 16.0. The van der Waals surface area contributed by atoms with Crippen LogP contribution in [0.3, 0.4) is 0 Å². The number of carbonyl (C=O) groups excluding carboxylic acids is 2. The van der Waals surface area contributed by atoms with Crippen molar-refractivity contribution in [3.8, 4) is 0 Å². The van der Waals surface area contributed by atoms with Crippen molar-refractivity contribution in [1.29, 1.82) is 0 Å². The molecule has 0 bridgehead atoms. The average Bonchev–Trinajstić information content (AvgIpc) is 2.37. The summed E-state index contributed by atoms with van der Waals surface area (Å²) in [5, 5.41) is 0.317. The first kappa shape index (κ1) is 17.8. The zero-order valence-corrected chi connectivity index (χ0v) is 13.5. The van der Waals surface area contributed by atoms with Gasteiger partial charge in [0.25, 0.3) is 0 Å². The molecule has 1 rings (SSSR count). The lowest BCUT2D eigenvalue weighted by molar-refractivity contribution is -0.122. The maximum atomic E-state index is 13.6. The van der Waals surface area contributed by atoms with E-state index in [4.69, 9.17) is 11.6 Å². The SMILES string of the molecule is CC(=O)C(CCC(=O)Cc1ccc(Cl)cc1F)CC(C)C. The topological polar surface area (TPSA) is 34.1 Å². The molecule has 0 aromatic heterocycles. The van der Waals surface area contributed by atoms with Crippen molar-refractivity contribution < 1.29 is 14.0 Å². The van der Waals surface area contributed by atoms with Gasteiger partial charge in [-0.2, -0.15) is 0 Å². The number of hydrogen-bond donors (Lipinski definition) is 0. The molecule has 4 heteroatoms. The minimum Gasteiger partial charge on any atom is -0.300 e. The van der Waals surface area contributed by atoms with Gasteiger partial charge in [-0.25, -0.2) is 4.39 Å². The van der Waals surface area contributed by atoms with E-state index in [1.807, 2.05) is 0 Å². The van der Waals surface area contributed by atoms with Gasteiger partial charge in [0, 0.05) is 23.8 Å². The van der Waals surface area contributed by atoms with E-state index < -0.39 is 5.82 Å². The number of ketones is 2. The highest BCUT2D eigenvalue weighted by atomic mass is 35.5. The van der Waals surface area contributed by atoms with Crippen molar-refractivity contribution in [2.24, 2.45) is 11.8 Å². The number of halogens is 2. The summed E-state index contributed by atoms with van der Waals surface area (Å²) in [6.07, 6.45) is 1.69. The van der Waals surface area contributed by atoms with Crippen LogP contribution in [-0.2, 0) is 16.0 Å². The van der Waals surface area contributed by atoms with Crippen LogP contribution < -0.4 is 0 Å². The summed E-state index contributed by atoms with van der Waals surface area (Å²) < 4.78 is 13.6. The first-order valence-electron chi connectivity index (χ1n) is 7.25. The molecule has 0 spiro atoms. The Kier molecular flexibility index (Phi) is 7.03. The minimum atomic E-state index is -0.457. The Morgan fingerprint density at radius 3 is 2.48 bits per heavy atom. The van der Waals surface area contributed by atoms with Crippen molar-refractivity contribution in [2.75, 3.05) is 0 Å². The van der Waals surface area contributed by atoms with E-state index in [0.717, 1.165) is 6.42 Å². The zero-order valence-electron chi connectivity index (χ0n) is 12.8. The smallest absolute Gasteiger partial charge is 0.137 e. The Labute approximate surface area is 130 Å². The van der Waals surface area contributed by atoms with Crippen LogP contribution in [0, 0.1) is 17.7 Å². The molecule has 0 amide bonds. The Hall–Kier alpha value is -1.22. The highest BCUT2D eigenvalue weighted by molar-refractivity contribution is 6.30. The van der Waals surface area contributed by atoms with Crippen LogP contribution in [0.15, 0.2) is 18.2 Å². The quantitative estimate of drug-likeness (QED) is 0.701. The summed E-state index contributed by atoms with van der Waals surface area (Å²) in [5.41, 5.74) is 0.354. The molecule has 0 aliphatic carbocycles. The van der Waals surface area contributed by atoms with Gasteiger partial charge in [-0.1, -0.05) is 31.5 Å². The highest BCUT2D eigenvalue weighted by Gasteiger charge is 2.18. The van der Waals surface area contributed by atoms with Gasteiger partial charge >= 0.3 is 0 Å². The summed E-state index contributed by atoms with van der Waals surface area (Å²) in [4.78, 5) is 23.5. The molecule has 1 unspecified atom stereocenters. The van der Waals surface area contributed by atoms with Gasteiger partial charge in [0.05, 0.1) is 0 Å². The van der Waals surface area contributed by atoms with Crippen LogP contribution in [0.25, 0.3) is 0 Å². The van der Waals surface area contributed by atoms with Gasteiger partial charge < -0.3 is 0 Å². The lowest BCUT2D eigenvalue weighted by Crippen LogP contribution is -2.16. The molecule has 21 heavy (non-hydrogen) atoms. The third-order valence-electron chi connectivity index (χ3n) is 3.51. The Balaban J connectivity index is 2.54. The maximum absolute atomic E-state index is 13.6. The third kappa shape index (κ3) is 6.38. The fourth-order valence-electron chi connectivity index (χ4n) is 2.36. The third-order valence-corrected chi connectivity index (χ3v) is 3.74. The molecule has 0 aliphatic rings. The standard InChI is InChI=1S/C17H22ClFO2/c1-11(2)8-13(12(3)20)5-7-16(21)9-14-4-6-15(18)10-17(14)19/h4,6,10-11,13H,5,7-9H2,1-3H3. The first-order valence-corrected chi connectivity index (χ1v) is 7.63. The first-order chi connectivity index (χ1) is 9.79. The molecule has 1 aromatic rings. The van der Waals surface area contributed by atoms with Crippen molar-refractivity contribution in [3.63, 3.8) is 0 Å². The maximum Gasteiger partial charge on any atom is 0.137 e. The molecule has 0 radical (unpaired) electrons. The van der Waals surface area contributed by atoms with Gasteiger partial charge in [-0.15, -0.1) is 0 Å². The fraction of sp³-hybridized carbons (Fsp3) is 0.529. The van der Waals surface area contributed by atoms with Crippen LogP contribution in [0.4, 0.5) is 4.39 Å². The van der Waals surface area contributed by atoms with Gasteiger partial charge in [-0.05, 0) is 43.4 Å². The second kappa shape index (κ2) is 8.28. The number of Topliss-reactive ketones (excluding diaryl/α,β-unsaturated/α-hetero) is 2. The normalized spacial score (nSPS) is 12.5. The molecular formula is C17H22ClFO2. The van der Waals surface area contributed by atoms with Crippen molar-refractivity contribution >= 4 is 23.2 Å². The Morgan fingerprint density at radius 2 is 1.95 bits per heavy atom. The molecule has 0 fully saturated rings. The molecule has 116 valence electrons. The predicted octanol–water partition coefficient (Wildman–Crippen LogP) is 4.62. The molecule has 0 saturated carbocycles. The van der Waals surface area contributed by atoms with Gasteiger partial charge in [-0.3, -0.25) is 9.59 Å². The molecule has 0 aliphatic heterocycles. The van der Waals surface area contributed by atoms with E-state index in [2.05, 4.69) is 13.8 Å². The Morgan fingerprint density at radius 1 is 1.29 bits per heavy atom. The summed E-state index contributed by atoms with van der Waals surface area (Å²) in [6, 6.07) is 4.32.